The van der Waals surface area contributed by atoms with Gasteiger partial charge in [0.2, 0.25) is 0 Å². The van der Waals surface area contributed by atoms with Crippen molar-refractivity contribution in [1.29, 1.82) is 0 Å². The Kier molecular flexibility index (Phi) is 6.14. The molecular formula is C17H18N2O3. The summed E-state index contributed by atoms with van der Waals surface area (Å²) in [6, 6.07) is 14.9. The fraction of sp³-hybridized carbons (Fsp3) is 0.176. The highest BCUT2D eigenvalue weighted by molar-refractivity contribution is 5.67. The number of pyridine rings is 1. The number of amides is 1. The third kappa shape index (κ3) is 5.38. The van der Waals surface area contributed by atoms with E-state index in [0.29, 0.717) is 12.2 Å². The van der Waals surface area contributed by atoms with Crippen molar-refractivity contribution in [3.8, 4) is 0 Å². The molecule has 0 aliphatic rings. The van der Waals surface area contributed by atoms with Gasteiger partial charge >= 0.3 is 6.09 Å². The van der Waals surface area contributed by atoms with E-state index in [9.17, 15) is 4.79 Å². The van der Waals surface area contributed by atoms with E-state index < -0.39 is 6.09 Å². The van der Waals surface area contributed by atoms with Crippen LogP contribution in [-0.4, -0.2) is 22.7 Å². The van der Waals surface area contributed by atoms with Crippen LogP contribution in [0.3, 0.4) is 0 Å². The maximum atomic E-state index is 11.5. The number of rotatable bonds is 6. The monoisotopic (exact) mass is 298 g/mol. The van der Waals surface area contributed by atoms with Crippen LogP contribution in [0.15, 0.2) is 54.6 Å². The van der Waals surface area contributed by atoms with Crippen LogP contribution in [0.25, 0.3) is 6.08 Å². The number of carbonyl (C=O) groups is 1. The summed E-state index contributed by atoms with van der Waals surface area (Å²) >= 11 is 0. The Morgan fingerprint density at radius 2 is 2.00 bits per heavy atom. The predicted molar refractivity (Wildman–Crippen MR) is 83.8 cm³/mol. The number of aliphatic hydroxyl groups excluding tert-OH is 1. The molecule has 0 bridgehead atoms. The molecule has 22 heavy (non-hydrogen) atoms. The number of nitrogens with one attached hydrogen (secondary N) is 1. The summed E-state index contributed by atoms with van der Waals surface area (Å²) in [5.41, 5.74) is 2.28. The van der Waals surface area contributed by atoms with Gasteiger partial charge in [-0.1, -0.05) is 42.5 Å². The van der Waals surface area contributed by atoms with Gasteiger partial charge in [0, 0.05) is 6.54 Å². The molecule has 1 aromatic carbocycles. The first-order chi connectivity index (χ1) is 10.8. The topological polar surface area (TPSA) is 71.5 Å². The third-order valence-electron chi connectivity index (χ3n) is 2.86. The Hall–Kier alpha value is -2.66. The molecule has 0 atom stereocenters. The zero-order valence-electron chi connectivity index (χ0n) is 12.1. The van der Waals surface area contributed by atoms with Crippen LogP contribution < -0.4 is 5.32 Å². The highest BCUT2D eigenvalue weighted by Crippen LogP contribution is 2.02. The van der Waals surface area contributed by atoms with E-state index in [-0.39, 0.29) is 13.2 Å². The summed E-state index contributed by atoms with van der Waals surface area (Å²) in [5, 5.41) is 11.6. The smallest absolute Gasteiger partial charge is 0.407 e. The molecule has 2 rings (SSSR count). The van der Waals surface area contributed by atoms with Gasteiger partial charge in [-0.05, 0) is 23.8 Å². The lowest BCUT2D eigenvalue weighted by Crippen LogP contribution is -2.24. The van der Waals surface area contributed by atoms with Crippen LogP contribution in [0.5, 0.6) is 0 Å². The second-order valence-electron chi connectivity index (χ2n) is 4.56. The van der Waals surface area contributed by atoms with Crippen LogP contribution in [-0.2, 0) is 18.0 Å². The van der Waals surface area contributed by atoms with Gasteiger partial charge < -0.3 is 15.2 Å². The summed E-state index contributed by atoms with van der Waals surface area (Å²) in [7, 11) is 0. The summed E-state index contributed by atoms with van der Waals surface area (Å²) in [6.07, 6.45) is 3.08. The van der Waals surface area contributed by atoms with Crippen LogP contribution in [0, 0.1) is 0 Å². The molecule has 114 valence electrons. The van der Waals surface area contributed by atoms with Gasteiger partial charge in [0.05, 0.1) is 18.0 Å². The first-order valence-electron chi connectivity index (χ1n) is 6.96. The number of aliphatic hydroxyl groups is 1. The Bertz CT molecular complexity index is 627. The quantitative estimate of drug-likeness (QED) is 0.859. The van der Waals surface area contributed by atoms with E-state index in [1.165, 1.54) is 0 Å². The minimum absolute atomic E-state index is 0.0915. The lowest BCUT2D eigenvalue weighted by Gasteiger charge is -2.05. The zero-order valence-corrected chi connectivity index (χ0v) is 12.1. The molecule has 2 aromatic rings. The van der Waals surface area contributed by atoms with Crippen molar-refractivity contribution in [2.45, 2.75) is 13.2 Å². The molecule has 0 unspecified atom stereocenters. The highest BCUT2D eigenvalue weighted by atomic mass is 16.5. The van der Waals surface area contributed by atoms with Crippen molar-refractivity contribution in [3.05, 3.63) is 71.6 Å². The third-order valence-corrected chi connectivity index (χ3v) is 2.86. The van der Waals surface area contributed by atoms with E-state index in [4.69, 9.17) is 9.84 Å². The largest absolute Gasteiger partial charge is 0.445 e. The molecule has 0 spiro atoms. The average molecular weight is 298 g/mol. The highest BCUT2D eigenvalue weighted by Gasteiger charge is 2.00. The van der Waals surface area contributed by atoms with Crippen LogP contribution in [0.2, 0.25) is 0 Å². The molecule has 0 saturated carbocycles. The first-order valence-corrected chi connectivity index (χ1v) is 6.96. The van der Waals surface area contributed by atoms with Crippen LogP contribution in [0.4, 0.5) is 4.79 Å². The molecule has 1 aromatic heterocycles. The summed E-state index contributed by atoms with van der Waals surface area (Å²) in [5.74, 6) is 0. The van der Waals surface area contributed by atoms with Crippen molar-refractivity contribution in [2.75, 3.05) is 6.54 Å². The molecule has 2 N–H and O–H groups in total. The van der Waals surface area contributed by atoms with Crippen LogP contribution in [0.1, 0.15) is 17.0 Å². The number of nitrogens with zero attached hydrogens (tertiary/aromatic N) is 1. The molecule has 0 saturated heterocycles. The SMILES string of the molecule is O=C(NCC=Cc1cccc(CO)n1)OCc1ccccc1. The maximum Gasteiger partial charge on any atom is 0.407 e. The molecular weight excluding hydrogens is 280 g/mol. The first kappa shape index (κ1) is 15.7. The van der Waals surface area contributed by atoms with Gasteiger partial charge in [0.15, 0.2) is 0 Å². The number of hydrogen-bond donors (Lipinski definition) is 2. The van der Waals surface area contributed by atoms with Gasteiger partial charge in [0.25, 0.3) is 0 Å². The number of aromatic nitrogens is 1. The van der Waals surface area contributed by atoms with Crippen molar-refractivity contribution in [3.63, 3.8) is 0 Å². The standard InChI is InChI=1S/C17H18N2O3/c20-12-16-9-4-8-15(19-16)10-5-11-18-17(21)22-13-14-6-2-1-3-7-14/h1-10,20H,11-13H2,(H,18,21). The maximum absolute atomic E-state index is 11.5. The van der Waals surface area contributed by atoms with Crippen LogP contribution >= 0.6 is 0 Å². The number of benzene rings is 1. The normalized spacial score (nSPS) is 10.6. The molecule has 1 amide bonds. The Morgan fingerprint density at radius 3 is 2.77 bits per heavy atom. The van der Waals surface area contributed by atoms with Gasteiger partial charge in [-0.25, -0.2) is 4.79 Å². The summed E-state index contributed by atoms with van der Waals surface area (Å²) in [4.78, 5) is 15.7. The van der Waals surface area contributed by atoms with Crippen molar-refractivity contribution in [2.24, 2.45) is 0 Å². The van der Waals surface area contributed by atoms with Gasteiger partial charge in [0.1, 0.15) is 6.61 Å². The summed E-state index contributed by atoms with van der Waals surface area (Å²) in [6.45, 7) is 0.501. The van der Waals surface area contributed by atoms with Crippen molar-refractivity contribution >= 4 is 12.2 Å². The van der Waals surface area contributed by atoms with E-state index in [1.54, 1.807) is 18.2 Å². The molecule has 0 radical (unpaired) electrons. The predicted octanol–water partition coefficient (Wildman–Crippen LogP) is 2.51. The van der Waals surface area contributed by atoms with E-state index in [0.717, 1.165) is 11.3 Å². The van der Waals surface area contributed by atoms with E-state index >= 15 is 0 Å². The number of hydrogen-bond acceptors (Lipinski definition) is 4. The second-order valence-corrected chi connectivity index (χ2v) is 4.56. The van der Waals surface area contributed by atoms with Crippen molar-refractivity contribution < 1.29 is 14.6 Å². The second kappa shape index (κ2) is 8.59. The summed E-state index contributed by atoms with van der Waals surface area (Å²) < 4.78 is 5.08. The fourth-order valence-electron chi connectivity index (χ4n) is 1.78. The Morgan fingerprint density at radius 1 is 1.18 bits per heavy atom. The molecule has 0 aliphatic heterocycles. The van der Waals surface area contributed by atoms with E-state index in [1.807, 2.05) is 42.5 Å². The van der Waals surface area contributed by atoms with E-state index in [2.05, 4.69) is 10.3 Å². The average Bonchev–Trinajstić information content (AvgIpc) is 2.58. The minimum Gasteiger partial charge on any atom is -0.445 e. The Balaban J connectivity index is 1.71. The fourth-order valence-corrected chi connectivity index (χ4v) is 1.78. The van der Waals surface area contributed by atoms with Crippen molar-refractivity contribution in [1.82, 2.24) is 10.3 Å². The molecule has 1 heterocycles. The lowest BCUT2D eigenvalue weighted by molar-refractivity contribution is 0.141. The zero-order chi connectivity index (χ0) is 15.6. The van der Waals surface area contributed by atoms with Gasteiger partial charge in [-0.2, -0.15) is 0 Å². The molecule has 5 nitrogen and oxygen atoms in total. The number of ether oxygens (including phenoxy) is 1. The molecule has 0 aliphatic carbocycles. The number of alkyl carbamates (subject to hydrolysis) is 1. The molecule has 0 fully saturated rings. The number of carbonyl (C=O) groups excluding carboxylic acids is 1. The lowest BCUT2D eigenvalue weighted by atomic mass is 10.2. The molecule has 5 heteroatoms. The minimum atomic E-state index is -0.467. The Labute approximate surface area is 129 Å². The van der Waals surface area contributed by atoms with Gasteiger partial charge in [-0.3, -0.25) is 4.98 Å². The van der Waals surface area contributed by atoms with Gasteiger partial charge in [-0.15, -0.1) is 0 Å².